The van der Waals surface area contributed by atoms with Crippen LogP contribution in [-0.4, -0.2) is 97.1 Å². The molecule has 0 fully saturated rings. The van der Waals surface area contributed by atoms with Crippen LogP contribution in [0.5, 0.6) is 0 Å². The highest BCUT2D eigenvalue weighted by molar-refractivity contribution is 7.86. The lowest BCUT2D eigenvalue weighted by atomic mass is 9.78. The van der Waals surface area contributed by atoms with Gasteiger partial charge >= 0.3 is 17.9 Å². The maximum atomic E-state index is 13.5. The maximum absolute atomic E-state index is 13.5. The van der Waals surface area contributed by atoms with Gasteiger partial charge in [0.1, 0.15) is 6.54 Å². The molecule has 3 N–H and O–H groups in total. The van der Waals surface area contributed by atoms with Crippen molar-refractivity contribution in [1.82, 2.24) is 0 Å². The topological polar surface area (TPSA) is 205 Å². The molecule has 0 aromatic heterocycles. The Morgan fingerprint density at radius 3 is 2.04 bits per heavy atom. The summed E-state index contributed by atoms with van der Waals surface area (Å²) in [6, 6.07) is 8.00. The summed E-state index contributed by atoms with van der Waals surface area (Å²) < 4.78 is 78.1. The van der Waals surface area contributed by atoms with Crippen LogP contribution in [0.2, 0.25) is 0 Å². The number of aromatic carboxylic acids is 1. The van der Waals surface area contributed by atoms with Gasteiger partial charge in [-0.1, -0.05) is 52.0 Å². The molecule has 56 heavy (non-hydrogen) atoms. The first-order chi connectivity index (χ1) is 26.2. The van der Waals surface area contributed by atoms with E-state index in [1.165, 1.54) is 12.1 Å². The molecular formula is C40H51N2O12S2+. The minimum atomic E-state index is -4.29. The van der Waals surface area contributed by atoms with E-state index in [-0.39, 0.29) is 55.8 Å². The van der Waals surface area contributed by atoms with Crippen LogP contribution in [-0.2, 0) is 40.5 Å². The van der Waals surface area contributed by atoms with Crippen molar-refractivity contribution < 1.29 is 59.5 Å². The number of allylic oxidation sites excluding steroid dienone is 6. The summed E-state index contributed by atoms with van der Waals surface area (Å²) in [4.78, 5) is 40.7. The van der Waals surface area contributed by atoms with Gasteiger partial charge < -0.3 is 19.5 Å². The van der Waals surface area contributed by atoms with E-state index in [1.807, 2.05) is 57.1 Å². The van der Waals surface area contributed by atoms with Crippen LogP contribution in [0.25, 0.3) is 0 Å². The molecule has 0 bridgehead atoms. The van der Waals surface area contributed by atoms with Gasteiger partial charge in [0.05, 0.1) is 52.4 Å². The Morgan fingerprint density at radius 1 is 0.804 bits per heavy atom. The number of ether oxygens (including phenoxy) is 2. The molecule has 2 aromatic rings. The van der Waals surface area contributed by atoms with Crippen LogP contribution >= 0.6 is 0 Å². The van der Waals surface area contributed by atoms with Crippen molar-refractivity contribution in [2.75, 3.05) is 42.7 Å². The molecular weight excluding hydrogens is 765 g/mol. The summed E-state index contributed by atoms with van der Waals surface area (Å²) in [5, 5.41) is 10.0. The van der Waals surface area contributed by atoms with E-state index in [0.717, 1.165) is 0 Å². The highest BCUT2D eigenvalue weighted by atomic mass is 32.2. The average molecular weight is 816 g/mol. The molecule has 2 aromatic carbocycles. The fraction of sp³-hybridized carbons (Fsp3) is 0.450. The summed E-state index contributed by atoms with van der Waals surface area (Å²) in [7, 11) is -8.51. The molecule has 2 aliphatic rings. The Kier molecular flexibility index (Phi) is 13.9. The molecule has 0 atom stereocenters. The molecule has 4 rings (SSSR count). The number of carboxylic acid groups (broad SMARTS) is 1. The number of nitrogens with zero attached hydrogens (tertiary/aromatic N) is 2. The summed E-state index contributed by atoms with van der Waals surface area (Å²) in [6.45, 7) is 11.9. The van der Waals surface area contributed by atoms with E-state index in [9.17, 15) is 45.4 Å². The number of fused-ring (bicyclic) bond motifs is 2. The van der Waals surface area contributed by atoms with Gasteiger partial charge in [0.15, 0.2) is 5.71 Å². The molecule has 0 radical (unpaired) electrons. The van der Waals surface area contributed by atoms with Crippen molar-refractivity contribution in [3.63, 3.8) is 0 Å². The Bertz CT molecular complexity index is 2220. The van der Waals surface area contributed by atoms with Gasteiger partial charge in [-0.2, -0.15) is 21.4 Å². The van der Waals surface area contributed by atoms with Crippen LogP contribution in [0.4, 0.5) is 11.4 Å². The van der Waals surface area contributed by atoms with E-state index in [2.05, 4.69) is 0 Å². The second-order valence-corrected chi connectivity index (χ2v) is 17.9. The molecule has 2 aliphatic heterocycles. The average Bonchev–Trinajstić information content (AvgIpc) is 3.46. The van der Waals surface area contributed by atoms with Gasteiger partial charge in [0.25, 0.3) is 20.2 Å². The van der Waals surface area contributed by atoms with Crippen molar-refractivity contribution >= 4 is 55.2 Å². The van der Waals surface area contributed by atoms with Crippen molar-refractivity contribution in [2.24, 2.45) is 0 Å². The number of hydrogen-bond donors (Lipinski definition) is 3. The summed E-state index contributed by atoms with van der Waals surface area (Å²) in [6.07, 6.45) is 10.1. The van der Waals surface area contributed by atoms with Crippen molar-refractivity contribution in [1.29, 1.82) is 0 Å². The second kappa shape index (κ2) is 17.7. The Morgan fingerprint density at radius 2 is 1.43 bits per heavy atom. The van der Waals surface area contributed by atoms with Crippen LogP contribution in [0.1, 0.15) is 109 Å². The fourth-order valence-electron chi connectivity index (χ4n) is 7.36. The van der Waals surface area contributed by atoms with Gasteiger partial charge in [-0.25, -0.2) is 14.4 Å². The first kappa shape index (κ1) is 44.1. The third-order valence-electron chi connectivity index (χ3n) is 9.71. The number of hydrogen-bond acceptors (Lipinski definition) is 10. The summed E-state index contributed by atoms with van der Waals surface area (Å²) in [5.74, 6) is -3.34. The normalized spacial score (nSPS) is 16.9. The third kappa shape index (κ3) is 10.0. The van der Waals surface area contributed by atoms with E-state index in [4.69, 9.17) is 9.47 Å². The zero-order valence-electron chi connectivity index (χ0n) is 32.6. The molecule has 16 heteroatoms. The van der Waals surface area contributed by atoms with Gasteiger partial charge in [-0.15, -0.1) is 0 Å². The Labute approximate surface area is 328 Å². The predicted octanol–water partition coefficient (Wildman–Crippen LogP) is 6.24. The van der Waals surface area contributed by atoms with E-state index in [0.29, 0.717) is 46.8 Å². The molecule has 0 saturated heterocycles. The van der Waals surface area contributed by atoms with Crippen LogP contribution in [0.15, 0.2) is 66.4 Å². The molecule has 0 amide bonds. The van der Waals surface area contributed by atoms with Crippen LogP contribution in [0, 0.1) is 0 Å². The number of carboxylic acids is 1. The zero-order chi connectivity index (χ0) is 41.6. The third-order valence-corrected chi connectivity index (χ3v) is 11.3. The van der Waals surface area contributed by atoms with Crippen molar-refractivity contribution in [2.45, 2.75) is 78.1 Å². The lowest BCUT2D eigenvalue weighted by Gasteiger charge is -2.27. The zero-order valence-corrected chi connectivity index (χ0v) is 34.2. The lowest BCUT2D eigenvalue weighted by molar-refractivity contribution is -0.437. The largest absolute Gasteiger partial charge is 0.478 e. The molecule has 0 saturated carbocycles. The van der Waals surface area contributed by atoms with E-state index < -0.39 is 60.5 Å². The van der Waals surface area contributed by atoms with Gasteiger partial charge in [-0.05, 0) is 57.4 Å². The van der Waals surface area contributed by atoms with Gasteiger partial charge in [-0.3, -0.25) is 9.11 Å². The summed E-state index contributed by atoms with van der Waals surface area (Å²) >= 11 is 0. The molecule has 0 unspecified atom stereocenters. The van der Waals surface area contributed by atoms with Crippen LogP contribution < -0.4 is 4.90 Å². The van der Waals surface area contributed by atoms with E-state index >= 15 is 0 Å². The minimum absolute atomic E-state index is 0.0230. The molecule has 0 spiro atoms. The lowest BCUT2D eigenvalue weighted by Crippen LogP contribution is -2.29. The second-order valence-electron chi connectivity index (χ2n) is 14.7. The summed E-state index contributed by atoms with van der Waals surface area (Å²) in [5.41, 5.74) is 2.36. The number of anilines is 1. The standard InChI is InChI=1S/C40H50N2O12S2/c1-7-21-53-37(45)27-25-29(38(46)54-22-8-2)35-31(26-27)42(20-14-24-56(50,51)52)33(40(35,5)6)18-11-9-10-17-32-39(3,4)34-28(36(43)44)15-12-16-30(34)41(32)19-13-23-55(47,48)49/h9-12,15-18,25-26H,7-8,13-14,19-24H2,1-6H3,(H2-,43,44,47,48,49,50,51,52)/p+1. The van der Waals surface area contributed by atoms with Crippen molar-refractivity contribution in [3.8, 4) is 0 Å². The number of carbonyl (C=O) groups is 3. The highest BCUT2D eigenvalue weighted by Gasteiger charge is 2.48. The van der Waals surface area contributed by atoms with Crippen molar-refractivity contribution in [3.05, 3.63) is 94.2 Å². The van der Waals surface area contributed by atoms with E-state index in [1.54, 1.807) is 42.5 Å². The monoisotopic (exact) mass is 815 g/mol. The first-order valence-corrected chi connectivity index (χ1v) is 21.6. The SMILES string of the molecule is CCCOC(=O)c1cc(C(=O)OCCC)c2c(c1)[N+](CCCS(=O)(=O)O)=C(/C=C/C=C/C=C1/N(CCCS(=O)(=O)O)c3cccc(C(=O)O)c3C1(C)C)C2(C)C. The number of carbonyl (C=O) groups excluding carboxylic acids is 2. The smallest absolute Gasteiger partial charge is 0.338 e. The van der Waals surface area contributed by atoms with Gasteiger partial charge in [0.2, 0.25) is 5.69 Å². The van der Waals surface area contributed by atoms with Crippen LogP contribution in [0.3, 0.4) is 0 Å². The minimum Gasteiger partial charge on any atom is -0.478 e. The molecule has 304 valence electrons. The Balaban J connectivity index is 1.81. The molecule has 14 nitrogen and oxygen atoms in total. The number of benzene rings is 2. The quantitative estimate of drug-likeness (QED) is 0.0660. The molecule has 0 aliphatic carbocycles. The van der Waals surface area contributed by atoms with Gasteiger partial charge in [0, 0.05) is 47.5 Å². The Hall–Kier alpha value is -4.64. The highest BCUT2D eigenvalue weighted by Crippen LogP contribution is 2.49. The first-order valence-electron chi connectivity index (χ1n) is 18.4. The molecule has 2 heterocycles. The maximum Gasteiger partial charge on any atom is 0.338 e. The fourth-order valence-corrected chi connectivity index (χ4v) is 8.35. The number of rotatable bonds is 18. The predicted molar refractivity (Wildman–Crippen MR) is 213 cm³/mol. The number of esters is 2.